The molecule has 0 radical (unpaired) electrons. The van der Waals surface area contributed by atoms with Crippen LogP contribution in [0.5, 0.6) is 0 Å². The van der Waals surface area contributed by atoms with Crippen molar-refractivity contribution in [2.45, 2.75) is 16.5 Å². The molecular formula is C10H10ClN3O3S2. The van der Waals surface area contributed by atoms with Gasteiger partial charge in [0.25, 0.3) is 10.0 Å². The van der Waals surface area contributed by atoms with Crippen molar-refractivity contribution in [3.63, 3.8) is 0 Å². The van der Waals surface area contributed by atoms with E-state index >= 15 is 0 Å². The van der Waals surface area contributed by atoms with E-state index in [-0.39, 0.29) is 10.1 Å². The highest BCUT2D eigenvalue weighted by Crippen LogP contribution is 2.33. The number of thiophene rings is 1. The van der Waals surface area contributed by atoms with Crippen LogP contribution in [0.2, 0.25) is 4.34 Å². The first-order valence-electron chi connectivity index (χ1n) is 5.59. The smallest absolute Gasteiger partial charge is 0.252 e. The molecule has 2 aromatic heterocycles. The first-order chi connectivity index (χ1) is 9.07. The van der Waals surface area contributed by atoms with Gasteiger partial charge in [0, 0.05) is 19.0 Å². The Morgan fingerprint density at radius 3 is 2.95 bits per heavy atom. The lowest BCUT2D eigenvalue weighted by molar-refractivity contribution is 0.403. The minimum Gasteiger partial charge on any atom is -0.343 e. The predicted molar refractivity (Wildman–Crippen MR) is 69.7 cm³/mol. The second-order valence-electron chi connectivity index (χ2n) is 4.20. The molecule has 0 bridgehead atoms. The SMILES string of the molecule is O=S(=O)(c1ccc(Cl)s1)N1CC[C@H](c2ncon2)C1. The minimum atomic E-state index is -3.46. The topological polar surface area (TPSA) is 76.3 Å². The predicted octanol–water partition coefficient (Wildman–Crippen LogP) is 1.96. The van der Waals surface area contributed by atoms with Crippen molar-refractivity contribution in [2.24, 2.45) is 0 Å². The van der Waals surface area contributed by atoms with Gasteiger partial charge in [-0.05, 0) is 18.6 Å². The van der Waals surface area contributed by atoms with Crippen molar-refractivity contribution < 1.29 is 12.9 Å². The number of hydrogen-bond donors (Lipinski definition) is 0. The molecule has 1 aliphatic heterocycles. The third-order valence-corrected chi connectivity index (χ3v) is 6.60. The molecule has 0 amide bonds. The van der Waals surface area contributed by atoms with Crippen LogP contribution in [0.25, 0.3) is 0 Å². The van der Waals surface area contributed by atoms with E-state index in [1.807, 2.05) is 0 Å². The van der Waals surface area contributed by atoms with Gasteiger partial charge in [-0.1, -0.05) is 16.8 Å². The Morgan fingerprint density at radius 2 is 2.32 bits per heavy atom. The Bertz CT molecular complexity index is 668. The molecule has 1 aliphatic rings. The number of rotatable bonds is 3. The van der Waals surface area contributed by atoms with E-state index in [0.717, 1.165) is 11.3 Å². The summed E-state index contributed by atoms with van der Waals surface area (Å²) in [6.45, 7) is 0.828. The molecule has 3 heterocycles. The number of nitrogens with zero attached hydrogens (tertiary/aromatic N) is 3. The maximum absolute atomic E-state index is 12.4. The summed E-state index contributed by atoms with van der Waals surface area (Å²) in [4.78, 5) is 3.97. The van der Waals surface area contributed by atoms with E-state index in [2.05, 4.69) is 10.1 Å². The Balaban J connectivity index is 1.81. The Kier molecular flexibility index (Phi) is 3.34. The summed E-state index contributed by atoms with van der Waals surface area (Å²) in [5.74, 6) is 0.547. The summed E-state index contributed by atoms with van der Waals surface area (Å²) in [7, 11) is -3.46. The van der Waals surface area contributed by atoms with Gasteiger partial charge in [-0.25, -0.2) is 8.42 Å². The Labute approximate surface area is 119 Å². The molecule has 6 nitrogen and oxygen atoms in total. The number of halogens is 1. The fraction of sp³-hybridized carbons (Fsp3) is 0.400. The van der Waals surface area contributed by atoms with Gasteiger partial charge in [-0.3, -0.25) is 0 Å². The molecule has 3 rings (SSSR count). The number of hydrogen-bond acceptors (Lipinski definition) is 6. The molecule has 1 saturated heterocycles. The van der Waals surface area contributed by atoms with E-state index in [1.54, 1.807) is 6.07 Å². The van der Waals surface area contributed by atoms with Crippen molar-refractivity contribution in [1.82, 2.24) is 14.4 Å². The molecule has 0 spiro atoms. The maximum Gasteiger partial charge on any atom is 0.252 e. The largest absolute Gasteiger partial charge is 0.343 e. The minimum absolute atomic E-state index is 0.0102. The highest BCUT2D eigenvalue weighted by molar-refractivity contribution is 7.91. The molecule has 0 aliphatic carbocycles. The molecule has 0 saturated carbocycles. The third-order valence-electron chi connectivity index (χ3n) is 3.04. The highest BCUT2D eigenvalue weighted by atomic mass is 35.5. The van der Waals surface area contributed by atoms with Gasteiger partial charge in [-0.2, -0.15) is 9.29 Å². The van der Waals surface area contributed by atoms with Crippen molar-refractivity contribution in [1.29, 1.82) is 0 Å². The standard InChI is InChI=1S/C10H10ClN3O3S2/c11-8-1-2-9(18-8)19(15,16)14-4-3-7(5-14)10-12-6-17-13-10/h1-2,6-7H,3-5H2/t7-/m0/s1. The summed E-state index contributed by atoms with van der Waals surface area (Å²) < 4.78 is 31.6. The monoisotopic (exact) mass is 319 g/mol. The normalized spacial score (nSPS) is 21.0. The van der Waals surface area contributed by atoms with Crippen LogP contribution >= 0.6 is 22.9 Å². The van der Waals surface area contributed by atoms with Crippen molar-refractivity contribution in [2.75, 3.05) is 13.1 Å². The zero-order chi connectivity index (χ0) is 13.5. The van der Waals surface area contributed by atoms with Crippen molar-refractivity contribution in [3.05, 3.63) is 28.7 Å². The lowest BCUT2D eigenvalue weighted by atomic mass is 10.1. The second-order valence-corrected chi connectivity index (χ2v) is 8.08. The van der Waals surface area contributed by atoms with Gasteiger partial charge in [0.15, 0.2) is 5.82 Å². The molecule has 0 N–H and O–H groups in total. The average Bonchev–Trinajstić information content (AvgIpc) is 3.10. The van der Waals surface area contributed by atoms with Crippen LogP contribution in [0.3, 0.4) is 0 Å². The van der Waals surface area contributed by atoms with Gasteiger partial charge in [0.1, 0.15) is 4.21 Å². The van der Waals surface area contributed by atoms with Gasteiger partial charge < -0.3 is 4.52 Å². The van der Waals surface area contributed by atoms with Gasteiger partial charge in [0.2, 0.25) is 6.39 Å². The van der Waals surface area contributed by atoms with Crippen LogP contribution in [0.4, 0.5) is 0 Å². The van der Waals surface area contributed by atoms with Crippen LogP contribution in [-0.4, -0.2) is 36.0 Å². The third kappa shape index (κ3) is 2.40. The molecular weight excluding hydrogens is 310 g/mol. The zero-order valence-electron chi connectivity index (χ0n) is 9.69. The van der Waals surface area contributed by atoms with Crippen LogP contribution in [-0.2, 0) is 10.0 Å². The zero-order valence-corrected chi connectivity index (χ0v) is 12.1. The summed E-state index contributed by atoms with van der Waals surface area (Å²) in [6, 6.07) is 3.12. The molecule has 0 aromatic carbocycles. The first-order valence-corrected chi connectivity index (χ1v) is 8.22. The fourth-order valence-electron chi connectivity index (χ4n) is 2.08. The summed E-state index contributed by atoms with van der Waals surface area (Å²) in [5.41, 5.74) is 0. The van der Waals surface area contributed by atoms with E-state index in [1.165, 1.54) is 16.8 Å². The molecule has 102 valence electrons. The van der Waals surface area contributed by atoms with E-state index in [9.17, 15) is 8.42 Å². The van der Waals surface area contributed by atoms with Crippen LogP contribution in [0.1, 0.15) is 18.2 Å². The van der Waals surface area contributed by atoms with Crippen LogP contribution in [0.15, 0.2) is 27.3 Å². The van der Waals surface area contributed by atoms with Gasteiger partial charge in [-0.15, -0.1) is 11.3 Å². The summed E-state index contributed by atoms with van der Waals surface area (Å²) in [5, 5.41) is 3.77. The van der Waals surface area contributed by atoms with Gasteiger partial charge in [0.05, 0.1) is 4.34 Å². The lowest BCUT2D eigenvalue weighted by Gasteiger charge is -2.14. The van der Waals surface area contributed by atoms with Crippen molar-refractivity contribution >= 4 is 33.0 Å². The van der Waals surface area contributed by atoms with E-state index < -0.39 is 10.0 Å². The summed E-state index contributed by atoms with van der Waals surface area (Å²) in [6.07, 6.45) is 1.95. The first kappa shape index (κ1) is 13.0. The number of sulfonamides is 1. The average molecular weight is 320 g/mol. The van der Waals surface area contributed by atoms with Crippen molar-refractivity contribution in [3.8, 4) is 0 Å². The molecule has 19 heavy (non-hydrogen) atoms. The fourth-order valence-corrected chi connectivity index (χ4v) is 5.22. The molecule has 9 heteroatoms. The highest BCUT2D eigenvalue weighted by Gasteiger charge is 2.35. The van der Waals surface area contributed by atoms with Crippen LogP contribution < -0.4 is 0 Å². The van der Waals surface area contributed by atoms with E-state index in [4.69, 9.17) is 16.1 Å². The van der Waals surface area contributed by atoms with Crippen LogP contribution in [0, 0.1) is 0 Å². The molecule has 1 atom stereocenters. The summed E-state index contributed by atoms with van der Waals surface area (Å²) >= 11 is 6.85. The molecule has 1 fully saturated rings. The quantitative estimate of drug-likeness (QED) is 0.864. The van der Waals surface area contributed by atoms with Gasteiger partial charge >= 0.3 is 0 Å². The number of aromatic nitrogens is 2. The molecule has 2 aromatic rings. The Hall–Kier alpha value is -0.960. The maximum atomic E-state index is 12.4. The lowest BCUT2D eigenvalue weighted by Crippen LogP contribution is -2.28. The molecule has 0 unspecified atom stereocenters. The van der Waals surface area contributed by atoms with E-state index in [0.29, 0.717) is 29.7 Å². The second kappa shape index (κ2) is 4.86. The Morgan fingerprint density at radius 1 is 1.47 bits per heavy atom.